The van der Waals surface area contributed by atoms with Crippen LogP contribution in [0.5, 0.6) is 11.5 Å². The topological polar surface area (TPSA) is 81.7 Å². The largest absolute Gasteiger partial charge is 0.497 e. The number of hydrogen-bond acceptors (Lipinski definition) is 6. The molecular formula is C68H72Cl3NO5. The number of esters is 1. The number of allylic oxidation sites excluding steroid dienone is 2. The normalized spacial score (nSPS) is 12.2. The van der Waals surface area contributed by atoms with Crippen molar-refractivity contribution in [2.45, 2.75) is 100 Å². The zero-order chi connectivity index (χ0) is 56.3. The van der Waals surface area contributed by atoms with Crippen LogP contribution < -0.4 is 14.8 Å². The van der Waals surface area contributed by atoms with Crippen molar-refractivity contribution in [2.24, 2.45) is 5.92 Å². The van der Waals surface area contributed by atoms with Crippen LogP contribution in [0.2, 0.25) is 15.1 Å². The summed E-state index contributed by atoms with van der Waals surface area (Å²) in [5, 5.41) is 7.45. The fourth-order valence-electron chi connectivity index (χ4n) is 8.54. The third-order valence-electron chi connectivity index (χ3n) is 13.1. The fraction of sp³-hybridized carbons (Fsp3) is 0.250. The maximum absolute atomic E-state index is 12.9. The summed E-state index contributed by atoms with van der Waals surface area (Å²) in [6.07, 6.45) is 2.08. The number of carbonyl (C=O) groups is 3. The van der Waals surface area contributed by atoms with E-state index in [9.17, 15) is 14.4 Å². The van der Waals surface area contributed by atoms with Crippen molar-refractivity contribution >= 4 is 80.6 Å². The van der Waals surface area contributed by atoms with E-state index in [-0.39, 0.29) is 17.7 Å². The molecule has 0 spiro atoms. The number of carbonyl (C=O) groups excluding carboxylic acids is 3. The molecule has 0 saturated carbocycles. The quantitative estimate of drug-likeness (QED) is 0.0601. The number of ketones is 1. The van der Waals surface area contributed by atoms with Crippen LogP contribution in [0.3, 0.4) is 0 Å². The molecule has 1 aliphatic rings. The van der Waals surface area contributed by atoms with Crippen LogP contribution in [-0.4, -0.2) is 25.1 Å². The van der Waals surface area contributed by atoms with Crippen LogP contribution in [0.1, 0.15) is 140 Å². The van der Waals surface area contributed by atoms with E-state index in [1.54, 1.807) is 37.4 Å². The van der Waals surface area contributed by atoms with Crippen molar-refractivity contribution in [1.82, 2.24) is 0 Å². The third-order valence-corrected chi connectivity index (χ3v) is 14.0. The Kier molecular flexibility index (Phi) is 23.4. The first-order valence-electron chi connectivity index (χ1n) is 25.9. The Morgan fingerprint density at radius 2 is 1.21 bits per heavy atom. The van der Waals surface area contributed by atoms with Crippen LogP contribution in [0.25, 0.3) is 16.3 Å². The lowest BCUT2D eigenvalue weighted by Crippen LogP contribution is -2.12. The Labute approximate surface area is 472 Å². The zero-order valence-electron chi connectivity index (χ0n) is 46.4. The van der Waals surface area contributed by atoms with Gasteiger partial charge in [0.25, 0.3) is 0 Å². The van der Waals surface area contributed by atoms with E-state index in [4.69, 9.17) is 44.3 Å². The standard InChI is InChI=1S/C19H17ClO2.C14H14O.C13H11Cl2N.C13H20.C9H10O2/c1-11-12(2)18(16-9-8-15(22-3)10-17(11)16)19(21)13-4-6-14(20)7-5-13;1-10(2)12-5-6-13-7-11(9-15)3-4-14(13)8-12;1-9-5-2-3-8-12(9)16-13-10(14)6-4-7-11(13)15;1-10(2)9-12-5-7-13(8-6-12)11(3)4;1-7-5-3-4-6-9(7)11-8(2)10/h4-10,18H,1-3H3;3-10H,1-2H3;2-8,16H,1H3;5-8,10-11H,9H2,1-4H3;3-6H,1-2H3. The molecule has 0 fully saturated rings. The van der Waals surface area contributed by atoms with Gasteiger partial charge in [0.05, 0.1) is 28.8 Å². The highest BCUT2D eigenvalue weighted by Crippen LogP contribution is 2.44. The van der Waals surface area contributed by atoms with Crippen molar-refractivity contribution in [3.63, 3.8) is 0 Å². The summed E-state index contributed by atoms with van der Waals surface area (Å²) in [5.41, 5.74) is 13.9. The van der Waals surface area contributed by atoms with Gasteiger partial charge in [0.1, 0.15) is 17.8 Å². The zero-order valence-corrected chi connectivity index (χ0v) is 48.7. The Balaban J connectivity index is 0.000000181. The maximum Gasteiger partial charge on any atom is 0.308 e. The van der Waals surface area contributed by atoms with Crippen LogP contribution in [0, 0.1) is 19.8 Å². The van der Waals surface area contributed by atoms with Crippen LogP contribution >= 0.6 is 34.8 Å². The third kappa shape index (κ3) is 17.8. The molecule has 0 aliphatic heterocycles. The molecule has 8 aromatic rings. The monoisotopic (exact) mass is 1090 g/mol. The van der Waals surface area contributed by atoms with Crippen LogP contribution in [0.4, 0.5) is 11.4 Å². The van der Waals surface area contributed by atoms with Gasteiger partial charge in [0.2, 0.25) is 0 Å². The summed E-state index contributed by atoms with van der Waals surface area (Å²) in [6.45, 7) is 22.8. The Hall–Kier alpha value is -6.96. The molecule has 400 valence electrons. The smallest absolute Gasteiger partial charge is 0.308 e. The number of aryl methyl sites for hydroxylation is 2. The summed E-state index contributed by atoms with van der Waals surface area (Å²) in [5.74, 6) is 3.00. The van der Waals surface area contributed by atoms with Crippen LogP contribution in [0.15, 0.2) is 175 Å². The van der Waals surface area contributed by atoms with Crippen molar-refractivity contribution in [1.29, 1.82) is 0 Å². The number of fused-ring (bicyclic) bond motifs is 2. The molecule has 8 aromatic carbocycles. The second-order valence-electron chi connectivity index (χ2n) is 20.1. The molecule has 0 radical (unpaired) electrons. The minimum Gasteiger partial charge on any atom is -0.497 e. The van der Waals surface area contributed by atoms with Gasteiger partial charge in [0.15, 0.2) is 5.78 Å². The average molecular weight is 1090 g/mol. The molecule has 9 heteroatoms. The number of ether oxygens (including phenoxy) is 2. The molecule has 0 amide bonds. The van der Waals surface area contributed by atoms with E-state index < -0.39 is 0 Å². The minimum atomic E-state index is -0.278. The number of Topliss-reactive ketones (excluding diaryl/α,β-unsaturated/α-hetero) is 1. The van der Waals surface area contributed by atoms with Gasteiger partial charge in [-0.25, -0.2) is 0 Å². The highest BCUT2D eigenvalue weighted by molar-refractivity contribution is 6.39. The lowest BCUT2D eigenvalue weighted by Gasteiger charge is -2.14. The number of methoxy groups -OCH3 is 1. The lowest BCUT2D eigenvalue weighted by molar-refractivity contribution is -0.131. The van der Waals surface area contributed by atoms with Gasteiger partial charge in [0, 0.05) is 28.8 Å². The summed E-state index contributed by atoms with van der Waals surface area (Å²) >= 11 is 18.1. The molecule has 0 aromatic heterocycles. The van der Waals surface area contributed by atoms with Crippen molar-refractivity contribution < 1.29 is 23.9 Å². The highest BCUT2D eigenvalue weighted by atomic mass is 35.5. The molecule has 6 nitrogen and oxygen atoms in total. The summed E-state index contributed by atoms with van der Waals surface area (Å²) in [7, 11) is 1.65. The second kappa shape index (κ2) is 29.5. The predicted octanol–water partition coefficient (Wildman–Crippen LogP) is 19.9. The first kappa shape index (κ1) is 60.9. The summed E-state index contributed by atoms with van der Waals surface area (Å²) < 4.78 is 10.2. The first-order valence-corrected chi connectivity index (χ1v) is 27.1. The molecule has 9 rings (SSSR count). The van der Waals surface area contributed by atoms with Gasteiger partial charge in [-0.05, 0) is 174 Å². The van der Waals surface area contributed by atoms with E-state index >= 15 is 0 Å². The number of rotatable bonds is 11. The molecular weight excluding hydrogens is 1020 g/mol. The molecule has 77 heavy (non-hydrogen) atoms. The molecule has 1 atom stereocenters. The molecule has 1 N–H and O–H groups in total. The SMILES string of the molecule is CC(=O)Oc1ccccc1C.CC(C)Cc1ccc(C(C)C)cc1.CC(C)c1ccc2cc(C=O)ccc2c1.COc1ccc2c(c1)C(C)=C(C)C2C(=O)c1ccc(Cl)cc1.Cc1ccccc1Nc1c(Cl)cccc1Cl. The number of benzene rings is 8. The van der Waals surface area contributed by atoms with E-state index in [1.165, 1.54) is 35.4 Å². The fourth-order valence-corrected chi connectivity index (χ4v) is 9.15. The summed E-state index contributed by atoms with van der Waals surface area (Å²) in [4.78, 5) is 34.1. The second-order valence-corrected chi connectivity index (χ2v) is 21.3. The number of hydrogen-bond donors (Lipinski definition) is 1. The van der Waals surface area contributed by atoms with E-state index in [2.05, 4.69) is 96.2 Å². The van der Waals surface area contributed by atoms with E-state index in [0.29, 0.717) is 38.2 Å². The van der Waals surface area contributed by atoms with Gasteiger partial charge < -0.3 is 14.8 Å². The molecule has 0 heterocycles. The van der Waals surface area contributed by atoms with E-state index in [0.717, 1.165) is 73.7 Å². The number of halogens is 3. The number of aldehydes is 1. The van der Waals surface area contributed by atoms with E-state index in [1.807, 2.05) is 118 Å². The molecule has 0 bridgehead atoms. The van der Waals surface area contributed by atoms with Crippen molar-refractivity contribution in [3.8, 4) is 11.5 Å². The van der Waals surface area contributed by atoms with Gasteiger partial charge in [-0.3, -0.25) is 14.4 Å². The average Bonchev–Trinajstić information content (AvgIpc) is 3.70. The molecule has 0 saturated heterocycles. The molecule has 1 unspecified atom stereocenters. The summed E-state index contributed by atoms with van der Waals surface area (Å²) in [6, 6.07) is 55.1. The Morgan fingerprint density at radius 1 is 0.623 bits per heavy atom. The van der Waals surface area contributed by atoms with Gasteiger partial charge in [-0.1, -0.05) is 185 Å². The molecule has 1 aliphatic carbocycles. The Morgan fingerprint density at radius 3 is 1.78 bits per heavy atom. The van der Waals surface area contributed by atoms with Gasteiger partial charge in [-0.15, -0.1) is 0 Å². The lowest BCUT2D eigenvalue weighted by atomic mass is 9.88. The highest BCUT2D eigenvalue weighted by Gasteiger charge is 2.33. The predicted molar refractivity (Wildman–Crippen MR) is 326 cm³/mol. The van der Waals surface area contributed by atoms with Crippen molar-refractivity contribution in [3.05, 3.63) is 241 Å². The number of nitrogens with one attached hydrogen (secondary N) is 1. The number of anilines is 2. The Bertz CT molecular complexity index is 3260. The first-order chi connectivity index (χ1) is 36.7. The number of para-hydroxylation sites is 3. The van der Waals surface area contributed by atoms with Crippen molar-refractivity contribution in [2.75, 3.05) is 12.4 Å². The van der Waals surface area contributed by atoms with Gasteiger partial charge >= 0.3 is 5.97 Å². The van der Waals surface area contributed by atoms with Gasteiger partial charge in [-0.2, -0.15) is 0 Å². The maximum atomic E-state index is 12.9. The minimum absolute atomic E-state index is 0.109. The van der Waals surface area contributed by atoms with Crippen LogP contribution in [-0.2, 0) is 11.2 Å².